The van der Waals surface area contributed by atoms with Crippen LogP contribution in [0.25, 0.3) is 83.2 Å². The van der Waals surface area contributed by atoms with E-state index in [9.17, 15) is 0 Å². The van der Waals surface area contributed by atoms with Gasteiger partial charge in [0.1, 0.15) is 11.2 Å². The van der Waals surface area contributed by atoms with E-state index in [2.05, 4.69) is 155 Å². The highest BCUT2D eigenvalue weighted by molar-refractivity contribution is 6.17. The molecule has 0 spiro atoms. The van der Waals surface area contributed by atoms with Crippen LogP contribution in [0.4, 0.5) is 0 Å². The van der Waals surface area contributed by atoms with Gasteiger partial charge in [0.25, 0.3) is 0 Å². The Morgan fingerprint density at radius 3 is 2.11 bits per heavy atom. The molecular formula is C42H28N2O. The largest absolute Gasteiger partial charge is 0.455 e. The van der Waals surface area contributed by atoms with Crippen LogP contribution in [-0.2, 0) is 6.42 Å². The van der Waals surface area contributed by atoms with Gasteiger partial charge < -0.3 is 13.6 Å². The van der Waals surface area contributed by atoms with Crippen LogP contribution >= 0.6 is 0 Å². The Bertz CT molecular complexity index is 2590. The summed E-state index contributed by atoms with van der Waals surface area (Å²) in [6.45, 7) is 0. The third-order valence-corrected chi connectivity index (χ3v) is 9.60. The first-order valence-corrected chi connectivity index (χ1v) is 15.7. The smallest absolute Gasteiger partial charge is 0.145 e. The molecule has 0 atom stereocenters. The number of benzene rings is 6. The highest BCUT2D eigenvalue weighted by Gasteiger charge is 2.24. The highest BCUT2D eigenvalue weighted by atomic mass is 16.3. The average Bonchev–Trinajstić information content (AvgIpc) is 3.76. The van der Waals surface area contributed by atoms with Gasteiger partial charge in [0, 0.05) is 43.9 Å². The van der Waals surface area contributed by atoms with E-state index in [4.69, 9.17) is 4.42 Å². The Morgan fingerprint density at radius 2 is 1.29 bits per heavy atom. The van der Waals surface area contributed by atoms with E-state index in [1.807, 2.05) is 0 Å². The van der Waals surface area contributed by atoms with Crippen molar-refractivity contribution in [2.24, 2.45) is 0 Å². The first-order valence-electron chi connectivity index (χ1n) is 15.7. The standard InChI is InChI=1S/C42H28N2O/c1-2-12-27(13-3-1)29-14-4-8-18-35(29)44-38-21-11-7-17-33(38)41-39(44)24-23-32-34-26-28(22-25-40(34)45-42(32)41)43-36-19-9-5-15-30(36)31-16-6-10-20-37(31)43/h1-6,8-16,18-26H,7,17H2. The van der Waals surface area contributed by atoms with Crippen LogP contribution < -0.4 is 0 Å². The summed E-state index contributed by atoms with van der Waals surface area (Å²) >= 11 is 0. The minimum absolute atomic E-state index is 0.916. The number of furan rings is 1. The van der Waals surface area contributed by atoms with Gasteiger partial charge in [-0.2, -0.15) is 0 Å². The van der Waals surface area contributed by atoms with Gasteiger partial charge in [-0.25, -0.2) is 0 Å². The molecule has 0 fully saturated rings. The van der Waals surface area contributed by atoms with Crippen molar-refractivity contribution in [3.05, 3.63) is 151 Å². The number of nitrogens with zero attached hydrogens (tertiary/aromatic N) is 2. The molecular weight excluding hydrogens is 548 g/mol. The monoisotopic (exact) mass is 576 g/mol. The highest BCUT2D eigenvalue weighted by Crippen LogP contribution is 2.43. The van der Waals surface area contributed by atoms with Crippen molar-refractivity contribution in [2.45, 2.75) is 12.8 Å². The Morgan fingerprint density at radius 1 is 0.556 bits per heavy atom. The first-order chi connectivity index (χ1) is 22.3. The summed E-state index contributed by atoms with van der Waals surface area (Å²) < 4.78 is 11.6. The number of aryl methyl sites for hydroxylation is 1. The normalized spacial score (nSPS) is 13.1. The lowest BCUT2D eigenvalue weighted by atomic mass is 9.99. The molecule has 3 nitrogen and oxygen atoms in total. The molecule has 0 amide bonds. The molecule has 3 aromatic heterocycles. The molecule has 0 saturated heterocycles. The van der Waals surface area contributed by atoms with Crippen molar-refractivity contribution in [3.8, 4) is 22.5 Å². The van der Waals surface area contributed by atoms with Crippen molar-refractivity contribution in [2.75, 3.05) is 0 Å². The maximum Gasteiger partial charge on any atom is 0.145 e. The van der Waals surface area contributed by atoms with Crippen molar-refractivity contribution in [3.63, 3.8) is 0 Å². The molecule has 212 valence electrons. The van der Waals surface area contributed by atoms with Crippen molar-refractivity contribution >= 4 is 60.7 Å². The predicted molar refractivity (Wildman–Crippen MR) is 188 cm³/mol. The van der Waals surface area contributed by atoms with Crippen LogP contribution in [0.15, 0.2) is 144 Å². The Balaban J connectivity index is 1.25. The molecule has 1 aliphatic rings. The van der Waals surface area contributed by atoms with E-state index in [-0.39, 0.29) is 0 Å². The lowest BCUT2D eigenvalue weighted by molar-refractivity contribution is 0.672. The van der Waals surface area contributed by atoms with Gasteiger partial charge in [0.15, 0.2) is 0 Å². The third-order valence-electron chi connectivity index (χ3n) is 9.60. The lowest BCUT2D eigenvalue weighted by Crippen LogP contribution is -2.02. The summed E-state index contributed by atoms with van der Waals surface area (Å²) in [4.78, 5) is 0. The van der Waals surface area contributed by atoms with Crippen molar-refractivity contribution < 1.29 is 4.42 Å². The summed E-state index contributed by atoms with van der Waals surface area (Å²) in [6, 6.07) is 48.0. The summed E-state index contributed by atoms with van der Waals surface area (Å²) in [6.07, 6.45) is 6.62. The molecule has 0 aliphatic heterocycles. The first kappa shape index (κ1) is 24.6. The quantitative estimate of drug-likeness (QED) is 0.205. The second-order valence-corrected chi connectivity index (χ2v) is 12.0. The number of para-hydroxylation sites is 3. The second kappa shape index (κ2) is 9.35. The van der Waals surface area contributed by atoms with Crippen molar-refractivity contribution in [1.82, 2.24) is 9.13 Å². The molecule has 6 aromatic carbocycles. The van der Waals surface area contributed by atoms with E-state index in [1.54, 1.807) is 0 Å². The summed E-state index contributed by atoms with van der Waals surface area (Å²) in [5.74, 6) is 0. The molecule has 3 heterocycles. The fourth-order valence-corrected chi connectivity index (χ4v) is 7.67. The van der Waals surface area contributed by atoms with Gasteiger partial charge >= 0.3 is 0 Å². The van der Waals surface area contributed by atoms with Gasteiger partial charge in [-0.15, -0.1) is 0 Å². The van der Waals surface area contributed by atoms with E-state index in [1.165, 1.54) is 60.8 Å². The van der Waals surface area contributed by atoms with Crippen molar-refractivity contribution in [1.29, 1.82) is 0 Å². The van der Waals surface area contributed by atoms with Crippen LogP contribution in [0, 0.1) is 0 Å². The zero-order valence-corrected chi connectivity index (χ0v) is 24.6. The Hall–Kier alpha value is -5.80. The molecule has 0 N–H and O–H groups in total. The lowest BCUT2D eigenvalue weighted by Gasteiger charge is -2.16. The third kappa shape index (κ3) is 3.46. The molecule has 10 rings (SSSR count). The summed E-state index contributed by atoms with van der Waals surface area (Å²) in [7, 11) is 0. The van der Waals surface area contributed by atoms with Gasteiger partial charge in [0.2, 0.25) is 0 Å². The van der Waals surface area contributed by atoms with Crippen LogP contribution in [0.5, 0.6) is 0 Å². The van der Waals surface area contributed by atoms with Gasteiger partial charge in [-0.1, -0.05) is 91.0 Å². The van der Waals surface area contributed by atoms with E-state index in [0.29, 0.717) is 0 Å². The minimum Gasteiger partial charge on any atom is -0.455 e. The predicted octanol–water partition coefficient (Wildman–Crippen LogP) is 11.3. The van der Waals surface area contributed by atoms with Crippen LogP contribution in [0.3, 0.4) is 0 Å². The number of fused-ring (bicyclic) bond motifs is 10. The molecule has 0 radical (unpaired) electrons. The maximum absolute atomic E-state index is 6.80. The van der Waals surface area contributed by atoms with Crippen LogP contribution in [-0.4, -0.2) is 9.13 Å². The SMILES string of the molecule is C1=Cc2c(c3c4oc5ccc(-n6c7ccccc7c7ccccc76)cc5c4ccc3n2-c2ccccc2-c2ccccc2)CC1. The molecule has 9 aromatic rings. The van der Waals surface area contributed by atoms with Crippen LogP contribution in [0.1, 0.15) is 17.7 Å². The van der Waals surface area contributed by atoms with E-state index < -0.39 is 0 Å². The molecule has 1 aliphatic carbocycles. The zero-order valence-electron chi connectivity index (χ0n) is 24.6. The Labute approximate surface area is 259 Å². The fourth-order valence-electron chi connectivity index (χ4n) is 7.67. The second-order valence-electron chi connectivity index (χ2n) is 12.0. The molecule has 0 saturated carbocycles. The fraction of sp³-hybridized carbons (Fsp3) is 0.0476. The van der Waals surface area contributed by atoms with E-state index >= 15 is 0 Å². The van der Waals surface area contributed by atoms with Crippen LogP contribution in [0.2, 0.25) is 0 Å². The molecule has 0 bridgehead atoms. The van der Waals surface area contributed by atoms with Gasteiger partial charge in [0.05, 0.1) is 22.2 Å². The Kier molecular flexibility index (Phi) is 5.11. The number of aromatic nitrogens is 2. The number of hydrogen-bond donors (Lipinski definition) is 0. The molecule has 3 heteroatoms. The number of hydrogen-bond acceptors (Lipinski definition) is 1. The average molecular weight is 577 g/mol. The summed E-state index contributed by atoms with van der Waals surface area (Å²) in [5, 5.41) is 6.06. The topological polar surface area (TPSA) is 23.0 Å². The van der Waals surface area contributed by atoms with Gasteiger partial charge in [-0.05, 0) is 78.6 Å². The molecule has 45 heavy (non-hydrogen) atoms. The molecule has 0 unspecified atom stereocenters. The number of rotatable bonds is 3. The minimum atomic E-state index is 0.916. The zero-order chi connectivity index (χ0) is 29.5. The van der Waals surface area contributed by atoms with E-state index in [0.717, 1.165) is 40.5 Å². The summed E-state index contributed by atoms with van der Waals surface area (Å²) in [5.41, 5.74) is 12.9. The number of allylic oxidation sites excluding steroid dienone is 1. The van der Waals surface area contributed by atoms with Gasteiger partial charge in [-0.3, -0.25) is 0 Å². The maximum atomic E-state index is 6.80.